The number of benzene rings is 1. The quantitative estimate of drug-likeness (QED) is 0.872. The Morgan fingerprint density at radius 1 is 1.44 bits per heavy atom. The van der Waals surface area contributed by atoms with Crippen LogP contribution in [-0.2, 0) is 4.79 Å². The number of likely N-dealkylation sites (tertiary alicyclic amines) is 1. The predicted molar refractivity (Wildman–Crippen MR) is 78.6 cm³/mol. The van der Waals surface area contributed by atoms with E-state index in [-0.39, 0.29) is 24.4 Å². The first kappa shape index (κ1) is 15.6. The Morgan fingerprint density at radius 3 is 2.67 bits per heavy atom. The van der Waals surface area contributed by atoms with E-state index in [4.69, 9.17) is 17.3 Å². The highest BCUT2D eigenvalue weighted by atomic mass is 35.5. The second-order valence-electron chi connectivity index (χ2n) is 4.13. The molecule has 1 amide bonds. The summed E-state index contributed by atoms with van der Waals surface area (Å²) in [7, 11) is 0. The molecule has 100 valence electrons. The Morgan fingerprint density at radius 2 is 2.11 bits per heavy atom. The fraction of sp³-hybridized carbons (Fsp3) is 0.417. The minimum atomic E-state index is 0. The molecule has 0 aromatic heterocycles. The van der Waals surface area contributed by atoms with Gasteiger partial charge in [-0.05, 0) is 30.7 Å². The zero-order chi connectivity index (χ0) is 12.3. The smallest absolute Gasteiger partial charge is 0.232 e. The summed E-state index contributed by atoms with van der Waals surface area (Å²) < 4.78 is 0. The Bertz CT molecular complexity index is 400. The van der Waals surface area contributed by atoms with Gasteiger partial charge >= 0.3 is 0 Å². The molecule has 18 heavy (non-hydrogen) atoms. The highest BCUT2D eigenvalue weighted by Crippen LogP contribution is 2.21. The molecule has 0 saturated carbocycles. The molecule has 0 bridgehead atoms. The van der Waals surface area contributed by atoms with Crippen molar-refractivity contribution < 1.29 is 4.79 Å². The minimum absolute atomic E-state index is 0. The Balaban J connectivity index is 0.00000162. The van der Waals surface area contributed by atoms with Crippen LogP contribution in [0, 0.1) is 0 Å². The monoisotopic (exact) mass is 306 g/mol. The molecule has 1 heterocycles. The van der Waals surface area contributed by atoms with E-state index >= 15 is 0 Å². The van der Waals surface area contributed by atoms with Crippen molar-refractivity contribution in [1.29, 1.82) is 0 Å². The number of thioether (sulfide) groups is 1. The first-order chi connectivity index (χ1) is 8.15. The van der Waals surface area contributed by atoms with E-state index < -0.39 is 0 Å². The predicted octanol–water partition coefficient (Wildman–Crippen LogP) is 2.41. The summed E-state index contributed by atoms with van der Waals surface area (Å²) >= 11 is 7.33. The van der Waals surface area contributed by atoms with Crippen molar-refractivity contribution in [3.63, 3.8) is 0 Å². The van der Waals surface area contributed by atoms with Crippen molar-refractivity contribution in [3.8, 4) is 0 Å². The molecule has 0 spiro atoms. The number of nitrogens with two attached hydrogens (primary N) is 1. The van der Waals surface area contributed by atoms with Crippen LogP contribution in [0.4, 0.5) is 0 Å². The summed E-state index contributed by atoms with van der Waals surface area (Å²) in [6, 6.07) is 7.67. The minimum Gasteiger partial charge on any atom is -0.340 e. The maximum Gasteiger partial charge on any atom is 0.232 e. The molecule has 0 unspecified atom stereocenters. The van der Waals surface area contributed by atoms with Crippen LogP contribution >= 0.6 is 35.8 Å². The van der Waals surface area contributed by atoms with Gasteiger partial charge in [-0.3, -0.25) is 4.79 Å². The van der Waals surface area contributed by atoms with Crippen molar-refractivity contribution >= 4 is 41.7 Å². The van der Waals surface area contributed by atoms with Crippen LogP contribution in [0.5, 0.6) is 0 Å². The van der Waals surface area contributed by atoms with Crippen LogP contribution in [0.15, 0.2) is 29.2 Å². The lowest BCUT2D eigenvalue weighted by Gasteiger charge is -2.15. The SMILES string of the molecule is Cl.N[C@@H]1CCN(C(=O)CSc2ccc(Cl)cc2)C1. The number of rotatable bonds is 3. The normalized spacial score (nSPS) is 18.6. The van der Waals surface area contributed by atoms with Crippen LogP contribution < -0.4 is 5.73 Å². The lowest BCUT2D eigenvalue weighted by molar-refractivity contribution is -0.127. The molecule has 2 rings (SSSR count). The van der Waals surface area contributed by atoms with Crippen molar-refractivity contribution in [1.82, 2.24) is 4.90 Å². The fourth-order valence-electron chi connectivity index (χ4n) is 1.78. The van der Waals surface area contributed by atoms with Crippen LogP contribution in [-0.4, -0.2) is 35.7 Å². The average Bonchev–Trinajstić information content (AvgIpc) is 2.75. The van der Waals surface area contributed by atoms with Gasteiger partial charge in [-0.2, -0.15) is 0 Å². The van der Waals surface area contributed by atoms with Gasteiger partial charge in [-0.25, -0.2) is 0 Å². The first-order valence-corrected chi connectivity index (χ1v) is 6.93. The zero-order valence-electron chi connectivity index (χ0n) is 9.84. The van der Waals surface area contributed by atoms with Crippen molar-refractivity contribution in [2.45, 2.75) is 17.4 Å². The van der Waals surface area contributed by atoms with E-state index in [9.17, 15) is 4.79 Å². The molecule has 1 aromatic rings. The van der Waals surface area contributed by atoms with Crippen molar-refractivity contribution in [2.24, 2.45) is 5.73 Å². The molecule has 6 heteroatoms. The highest BCUT2D eigenvalue weighted by molar-refractivity contribution is 8.00. The van der Waals surface area contributed by atoms with E-state index in [1.807, 2.05) is 29.2 Å². The lowest BCUT2D eigenvalue weighted by Crippen LogP contribution is -2.33. The van der Waals surface area contributed by atoms with Gasteiger partial charge in [0, 0.05) is 29.0 Å². The standard InChI is InChI=1S/C12H15ClN2OS.ClH/c13-9-1-3-11(4-2-9)17-8-12(16)15-6-5-10(14)7-15;/h1-4,10H,5-8,14H2;1H/t10-;/m1./s1. The third-order valence-electron chi connectivity index (χ3n) is 2.75. The van der Waals surface area contributed by atoms with Crippen molar-refractivity contribution in [3.05, 3.63) is 29.3 Å². The molecular weight excluding hydrogens is 291 g/mol. The number of hydrogen-bond acceptors (Lipinski definition) is 3. The maximum absolute atomic E-state index is 11.9. The number of carbonyl (C=O) groups is 1. The van der Waals surface area contributed by atoms with Gasteiger partial charge in [-0.1, -0.05) is 11.6 Å². The summed E-state index contributed by atoms with van der Waals surface area (Å²) in [4.78, 5) is 14.8. The molecular formula is C12H16Cl2N2OS. The highest BCUT2D eigenvalue weighted by Gasteiger charge is 2.23. The number of hydrogen-bond donors (Lipinski definition) is 1. The molecule has 1 aromatic carbocycles. The van der Waals surface area contributed by atoms with Gasteiger partial charge in [-0.15, -0.1) is 24.2 Å². The summed E-state index contributed by atoms with van der Waals surface area (Å²) in [5, 5.41) is 0.714. The van der Waals surface area contributed by atoms with E-state index in [1.165, 1.54) is 11.8 Å². The van der Waals surface area contributed by atoms with E-state index in [1.54, 1.807) is 0 Å². The number of nitrogens with zero attached hydrogens (tertiary/aromatic N) is 1. The topological polar surface area (TPSA) is 46.3 Å². The van der Waals surface area contributed by atoms with Crippen LogP contribution in [0.1, 0.15) is 6.42 Å². The lowest BCUT2D eigenvalue weighted by atomic mass is 10.3. The molecule has 1 aliphatic heterocycles. The third kappa shape index (κ3) is 4.35. The van der Waals surface area contributed by atoms with Crippen LogP contribution in [0.3, 0.4) is 0 Å². The maximum atomic E-state index is 11.9. The van der Waals surface area contributed by atoms with Gasteiger partial charge in [0.15, 0.2) is 0 Å². The summed E-state index contributed by atoms with van der Waals surface area (Å²) in [5.41, 5.74) is 5.77. The molecule has 0 radical (unpaired) electrons. The molecule has 1 fully saturated rings. The van der Waals surface area contributed by atoms with Crippen molar-refractivity contribution in [2.75, 3.05) is 18.8 Å². The summed E-state index contributed by atoms with van der Waals surface area (Å²) in [6.45, 7) is 1.49. The summed E-state index contributed by atoms with van der Waals surface area (Å²) in [6.07, 6.45) is 0.914. The molecule has 0 aliphatic carbocycles. The zero-order valence-corrected chi connectivity index (χ0v) is 12.2. The fourth-order valence-corrected chi connectivity index (χ4v) is 2.71. The second kappa shape index (κ2) is 7.24. The molecule has 2 N–H and O–H groups in total. The second-order valence-corrected chi connectivity index (χ2v) is 5.62. The Hall–Kier alpha value is -0.420. The van der Waals surface area contributed by atoms with Gasteiger partial charge < -0.3 is 10.6 Å². The van der Waals surface area contributed by atoms with Crippen LogP contribution in [0.2, 0.25) is 5.02 Å². The van der Waals surface area contributed by atoms with E-state index in [2.05, 4.69) is 0 Å². The molecule has 1 atom stereocenters. The molecule has 1 saturated heterocycles. The van der Waals surface area contributed by atoms with Gasteiger partial charge in [0.25, 0.3) is 0 Å². The van der Waals surface area contributed by atoms with Gasteiger partial charge in [0.1, 0.15) is 0 Å². The Labute approximate surface area is 122 Å². The number of halogens is 2. The molecule has 1 aliphatic rings. The third-order valence-corrected chi connectivity index (χ3v) is 4.00. The van der Waals surface area contributed by atoms with Gasteiger partial charge in [0.2, 0.25) is 5.91 Å². The summed E-state index contributed by atoms with van der Waals surface area (Å²) in [5.74, 6) is 0.631. The number of carbonyl (C=O) groups excluding carboxylic acids is 1. The average molecular weight is 307 g/mol. The number of amides is 1. The van der Waals surface area contributed by atoms with Crippen LogP contribution in [0.25, 0.3) is 0 Å². The molecule has 3 nitrogen and oxygen atoms in total. The van der Waals surface area contributed by atoms with E-state index in [0.29, 0.717) is 17.3 Å². The van der Waals surface area contributed by atoms with Gasteiger partial charge in [0.05, 0.1) is 5.75 Å². The first-order valence-electron chi connectivity index (χ1n) is 5.57. The van der Waals surface area contributed by atoms with E-state index in [0.717, 1.165) is 17.9 Å². The Kier molecular flexibility index (Phi) is 6.29. The largest absolute Gasteiger partial charge is 0.340 e.